The van der Waals surface area contributed by atoms with Crippen LogP contribution < -0.4 is 4.74 Å². The summed E-state index contributed by atoms with van der Waals surface area (Å²) in [6, 6.07) is 7.27. The molecular formula is C16H17ClFNO. The Morgan fingerprint density at radius 2 is 2.05 bits per heavy atom. The Bertz CT molecular complexity index is 613. The first-order chi connectivity index (χ1) is 9.52. The van der Waals surface area contributed by atoms with Crippen molar-refractivity contribution in [2.75, 3.05) is 0 Å². The third kappa shape index (κ3) is 3.10. The van der Waals surface area contributed by atoms with Crippen molar-refractivity contribution < 1.29 is 9.13 Å². The Morgan fingerprint density at radius 1 is 1.30 bits per heavy atom. The van der Waals surface area contributed by atoms with Gasteiger partial charge in [-0.2, -0.15) is 0 Å². The van der Waals surface area contributed by atoms with Gasteiger partial charge in [-0.15, -0.1) is 11.6 Å². The lowest BCUT2D eigenvalue weighted by Crippen LogP contribution is -1.97. The van der Waals surface area contributed by atoms with Crippen molar-refractivity contribution in [3.05, 3.63) is 53.0 Å². The molecule has 0 N–H and O–H groups in total. The van der Waals surface area contributed by atoms with Gasteiger partial charge >= 0.3 is 0 Å². The van der Waals surface area contributed by atoms with Crippen LogP contribution in [-0.2, 0) is 5.88 Å². The van der Waals surface area contributed by atoms with E-state index in [1.807, 2.05) is 25.1 Å². The maximum atomic E-state index is 14.0. The molecule has 0 aliphatic carbocycles. The molecule has 1 aromatic carbocycles. The SMILES string of the molecule is Cc1cc(Oc2nccc(CCl)c2F)ccc1C(C)C. The summed E-state index contributed by atoms with van der Waals surface area (Å²) in [6.07, 6.45) is 1.49. The largest absolute Gasteiger partial charge is 0.436 e. The van der Waals surface area contributed by atoms with Crippen LogP contribution in [0, 0.1) is 12.7 Å². The van der Waals surface area contributed by atoms with Gasteiger partial charge in [-0.3, -0.25) is 0 Å². The minimum Gasteiger partial charge on any atom is -0.436 e. The van der Waals surface area contributed by atoms with Gasteiger partial charge in [-0.25, -0.2) is 9.37 Å². The molecule has 0 atom stereocenters. The number of ether oxygens (including phenoxy) is 1. The van der Waals surface area contributed by atoms with Crippen LogP contribution in [0.15, 0.2) is 30.5 Å². The second-order valence-electron chi connectivity index (χ2n) is 5.00. The van der Waals surface area contributed by atoms with Gasteiger partial charge < -0.3 is 4.74 Å². The Morgan fingerprint density at radius 3 is 2.65 bits per heavy atom. The highest BCUT2D eigenvalue weighted by Crippen LogP contribution is 2.28. The first kappa shape index (κ1) is 14.8. The highest BCUT2D eigenvalue weighted by molar-refractivity contribution is 6.17. The molecule has 0 bridgehead atoms. The van der Waals surface area contributed by atoms with Crippen LogP contribution in [0.3, 0.4) is 0 Å². The smallest absolute Gasteiger partial charge is 0.256 e. The van der Waals surface area contributed by atoms with E-state index in [1.54, 1.807) is 6.07 Å². The molecule has 1 aromatic heterocycles. The second kappa shape index (κ2) is 6.23. The molecule has 0 unspecified atom stereocenters. The summed E-state index contributed by atoms with van der Waals surface area (Å²) in [5, 5.41) is 0. The molecule has 0 saturated carbocycles. The van der Waals surface area contributed by atoms with Crippen LogP contribution in [0.2, 0.25) is 0 Å². The predicted octanol–water partition coefficient (Wildman–Crippen LogP) is 5.18. The number of rotatable bonds is 4. The lowest BCUT2D eigenvalue weighted by molar-refractivity contribution is 0.419. The number of alkyl halides is 1. The van der Waals surface area contributed by atoms with E-state index in [2.05, 4.69) is 18.8 Å². The third-order valence-electron chi connectivity index (χ3n) is 3.16. The molecule has 0 radical (unpaired) electrons. The van der Waals surface area contributed by atoms with Crippen LogP contribution in [0.4, 0.5) is 4.39 Å². The van der Waals surface area contributed by atoms with Crippen molar-refractivity contribution in [2.45, 2.75) is 32.6 Å². The highest BCUT2D eigenvalue weighted by Gasteiger charge is 2.12. The second-order valence-corrected chi connectivity index (χ2v) is 5.27. The van der Waals surface area contributed by atoms with Crippen molar-refractivity contribution in [2.24, 2.45) is 0 Å². The van der Waals surface area contributed by atoms with E-state index in [9.17, 15) is 4.39 Å². The third-order valence-corrected chi connectivity index (χ3v) is 3.45. The van der Waals surface area contributed by atoms with E-state index in [-0.39, 0.29) is 11.8 Å². The van der Waals surface area contributed by atoms with E-state index in [1.165, 1.54) is 11.8 Å². The minimum absolute atomic E-state index is 0.0418. The minimum atomic E-state index is -0.506. The van der Waals surface area contributed by atoms with Gasteiger partial charge in [0.25, 0.3) is 5.88 Å². The number of hydrogen-bond donors (Lipinski definition) is 0. The van der Waals surface area contributed by atoms with Crippen molar-refractivity contribution in [3.8, 4) is 11.6 Å². The van der Waals surface area contributed by atoms with E-state index in [4.69, 9.17) is 16.3 Å². The van der Waals surface area contributed by atoms with Gasteiger partial charge in [0.2, 0.25) is 0 Å². The summed E-state index contributed by atoms with van der Waals surface area (Å²) in [7, 11) is 0. The van der Waals surface area contributed by atoms with E-state index >= 15 is 0 Å². The zero-order chi connectivity index (χ0) is 14.7. The van der Waals surface area contributed by atoms with Crippen LogP contribution in [0.5, 0.6) is 11.6 Å². The lowest BCUT2D eigenvalue weighted by atomic mass is 9.98. The summed E-state index contributed by atoms with van der Waals surface area (Å²) < 4.78 is 19.5. The maximum absolute atomic E-state index is 14.0. The summed E-state index contributed by atoms with van der Waals surface area (Å²) in [5.41, 5.74) is 2.75. The number of aromatic nitrogens is 1. The van der Waals surface area contributed by atoms with Gasteiger partial charge in [-0.1, -0.05) is 19.9 Å². The van der Waals surface area contributed by atoms with Gasteiger partial charge in [-0.05, 0) is 42.2 Å². The Kier molecular flexibility index (Phi) is 4.61. The Labute approximate surface area is 123 Å². The molecule has 2 rings (SSSR count). The first-order valence-corrected chi connectivity index (χ1v) is 7.04. The first-order valence-electron chi connectivity index (χ1n) is 6.50. The molecule has 106 valence electrons. The quantitative estimate of drug-likeness (QED) is 0.724. The maximum Gasteiger partial charge on any atom is 0.256 e. The van der Waals surface area contributed by atoms with Crippen LogP contribution in [0.1, 0.15) is 36.5 Å². The van der Waals surface area contributed by atoms with Gasteiger partial charge in [0.15, 0.2) is 5.82 Å². The van der Waals surface area contributed by atoms with Gasteiger partial charge in [0.1, 0.15) is 5.75 Å². The predicted molar refractivity (Wildman–Crippen MR) is 79.1 cm³/mol. The highest BCUT2D eigenvalue weighted by atomic mass is 35.5. The fourth-order valence-corrected chi connectivity index (χ4v) is 2.31. The topological polar surface area (TPSA) is 22.1 Å². The van der Waals surface area contributed by atoms with Crippen LogP contribution >= 0.6 is 11.6 Å². The van der Waals surface area contributed by atoms with Crippen molar-refractivity contribution in [1.29, 1.82) is 0 Å². The molecule has 0 spiro atoms. The zero-order valence-electron chi connectivity index (χ0n) is 11.8. The lowest BCUT2D eigenvalue weighted by Gasteiger charge is -2.12. The molecule has 4 heteroatoms. The van der Waals surface area contributed by atoms with Gasteiger partial charge in [0, 0.05) is 11.8 Å². The molecule has 0 fully saturated rings. The average molecular weight is 294 g/mol. The number of aryl methyl sites for hydroxylation is 1. The molecule has 0 saturated heterocycles. The molecule has 0 amide bonds. The summed E-state index contributed by atoms with van der Waals surface area (Å²) in [5.74, 6) is 0.562. The molecule has 2 nitrogen and oxygen atoms in total. The fourth-order valence-electron chi connectivity index (χ4n) is 2.11. The number of hydrogen-bond acceptors (Lipinski definition) is 2. The Balaban J connectivity index is 2.29. The number of pyridine rings is 1. The van der Waals surface area contributed by atoms with Crippen LogP contribution in [0.25, 0.3) is 0 Å². The average Bonchev–Trinajstić information content (AvgIpc) is 2.41. The fraction of sp³-hybridized carbons (Fsp3) is 0.312. The molecule has 20 heavy (non-hydrogen) atoms. The molecule has 1 heterocycles. The summed E-state index contributed by atoms with van der Waals surface area (Å²) >= 11 is 5.66. The molecule has 0 aliphatic heterocycles. The van der Waals surface area contributed by atoms with Crippen molar-refractivity contribution in [1.82, 2.24) is 4.98 Å². The summed E-state index contributed by atoms with van der Waals surface area (Å²) in [6.45, 7) is 6.28. The normalized spacial score (nSPS) is 10.9. The number of benzene rings is 1. The van der Waals surface area contributed by atoms with E-state index < -0.39 is 5.82 Å². The molecular weight excluding hydrogens is 277 g/mol. The van der Waals surface area contributed by atoms with Crippen molar-refractivity contribution >= 4 is 11.6 Å². The molecule has 2 aromatic rings. The van der Waals surface area contributed by atoms with E-state index in [0.717, 1.165) is 5.56 Å². The van der Waals surface area contributed by atoms with E-state index in [0.29, 0.717) is 17.2 Å². The molecule has 0 aliphatic rings. The van der Waals surface area contributed by atoms with Crippen LogP contribution in [-0.4, -0.2) is 4.98 Å². The Hall–Kier alpha value is -1.61. The van der Waals surface area contributed by atoms with Crippen molar-refractivity contribution in [3.63, 3.8) is 0 Å². The summed E-state index contributed by atoms with van der Waals surface area (Å²) in [4.78, 5) is 3.91. The number of nitrogens with zero attached hydrogens (tertiary/aromatic N) is 1. The number of halogens is 2. The monoisotopic (exact) mass is 293 g/mol. The zero-order valence-corrected chi connectivity index (χ0v) is 12.5. The van der Waals surface area contributed by atoms with Gasteiger partial charge in [0.05, 0.1) is 5.88 Å². The standard InChI is InChI=1S/C16H17ClFNO/c1-10(2)14-5-4-13(8-11(14)3)20-16-15(18)12(9-17)6-7-19-16/h4-8,10H,9H2,1-3H3.